The number of nitrogens with one attached hydrogen (secondary N) is 2. The minimum absolute atomic E-state index is 0.00411. The van der Waals surface area contributed by atoms with Crippen molar-refractivity contribution >= 4 is 11.8 Å². The van der Waals surface area contributed by atoms with Gasteiger partial charge in [-0.15, -0.1) is 0 Å². The van der Waals surface area contributed by atoms with Gasteiger partial charge in [0.2, 0.25) is 11.8 Å². The fourth-order valence-electron chi connectivity index (χ4n) is 5.85. The maximum Gasteiger partial charge on any atom is 0.246 e. The highest BCUT2D eigenvalue weighted by Gasteiger charge is 2.53. The van der Waals surface area contributed by atoms with Gasteiger partial charge in [0.15, 0.2) is 0 Å². The third-order valence-electron chi connectivity index (χ3n) is 8.02. The van der Waals surface area contributed by atoms with E-state index in [1.807, 2.05) is 102 Å². The van der Waals surface area contributed by atoms with E-state index in [4.69, 9.17) is 4.98 Å². The minimum atomic E-state index is -0.850. The molecule has 0 saturated carbocycles. The SMILES string of the molecule is O=C1C(Cc2ccccc2)NC(=O)C2(CCN(Cc3c[nH]c(-c4ccccc4)n3)CC2)N1Cc1ccccc1. The Bertz CT molecular complexity index is 1410. The maximum absolute atomic E-state index is 13.9. The Morgan fingerprint density at radius 2 is 1.41 bits per heavy atom. The van der Waals surface area contributed by atoms with Crippen molar-refractivity contribution in [3.05, 3.63) is 114 Å². The molecule has 3 heterocycles. The molecule has 2 amide bonds. The normalized spacial score (nSPS) is 19.3. The Hall–Kier alpha value is -4.23. The number of H-pyrrole nitrogens is 1. The zero-order valence-corrected chi connectivity index (χ0v) is 21.9. The van der Waals surface area contributed by atoms with Crippen LogP contribution in [0.1, 0.15) is 29.7 Å². The van der Waals surface area contributed by atoms with Crippen molar-refractivity contribution in [2.24, 2.45) is 0 Å². The number of imidazole rings is 1. The fourth-order valence-corrected chi connectivity index (χ4v) is 5.85. The van der Waals surface area contributed by atoms with Crippen molar-refractivity contribution < 1.29 is 9.59 Å². The van der Waals surface area contributed by atoms with Crippen molar-refractivity contribution in [3.63, 3.8) is 0 Å². The number of amides is 2. The molecule has 2 saturated heterocycles. The number of rotatable bonds is 7. The smallest absolute Gasteiger partial charge is 0.246 e. The minimum Gasteiger partial charge on any atom is -0.344 e. The highest BCUT2D eigenvalue weighted by atomic mass is 16.2. The summed E-state index contributed by atoms with van der Waals surface area (Å²) in [6, 6.07) is 29.4. The average Bonchev–Trinajstić information content (AvgIpc) is 3.45. The van der Waals surface area contributed by atoms with Crippen LogP contribution in [0.4, 0.5) is 0 Å². The molecular formula is C32H33N5O2. The number of benzene rings is 3. The van der Waals surface area contributed by atoms with Gasteiger partial charge in [0, 0.05) is 44.4 Å². The molecule has 1 unspecified atom stereocenters. The van der Waals surface area contributed by atoms with Crippen molar-refractivity contribution in [1.29, 1.82) is 0 Å². The molecule has 0 bridgehead atoms. The van der Waals surface area contributed by atoms with Gasteiger partial charge in [0.1, 0.15) is 17.4 Å². The Morgan fingerprint density at radius 3 is 2.08 bits per heavy atom. The molecule has 6 rings (SSSR count). The first-order valence-electron chi connectivity index (χ1n) is 13.6. The third-order valence-corrected chi connectivity index (χ3v) is 8.02. The van der Waals surface area contributed by atoms with E-state index in [9.17, 15) is 9.59 Å². The summed E-state index contributed by atoms with van der Waals surface area (Å²) in [4.78, 5) is 40.0. The molecule has 2 aliphatic rings. The predicted molar refractivity (Wildman–Crippen MR) is 150 cm³/mol. The van der Waals surface area contributed by atoms with Crippen LogP contribution < -0.4 is 5.32 Å². The average molecular weight is 520 g/mol. The van der Waals surface area contributed by atoms with Gasteiger partial charge < -0.3 is 15.2 Å². The summed E-state index contributed by atoms with van der Waals surface area (Å²) >= 11 is 0. The van der Waals surface area contributed by atoms with Gasteiger partial charge in [0.05, 0.1) is 5.69 Å². The molecule has 4 aromatic rings. The van der Waals surface area contributed by atoms with Crippen LogP contribution in [-0.4, -0.2) is 56.3 Å². The summed E-state index contributed by atoms with van der Waals surface area (Å²) in [5.41, 5.74) is 3.25. The monoisotopic (exact) mass is 519 g/mol. The van der Waals surface area contributed by atoms with Crippen molar-refractivity contribution in [3.8, 4) is 11.4 Å². The molecule has 39 heavy (non-hydrogen) atoms. The number of hydrogen-bond donors (Lipinski definition) is 2. The van der Waals surface area contributed by atoms with Crippen LogP contribution in [0, 0.1) is 0 Å². The number of likely N-dealkylation sites (tertiary alicyclic amines) is 1. The molecule has 1 aromatic heterocycles. The molecule has 1 atom stereocenters. The quantitative estimate of drug-likeness (QED) is 0.384. The third kappa shape index (κ3) is 5.22. The van der Waals surface area contributed by atoms with Crippen LogP contribution in [0.25, 0.3) is 11.4 Å². The molecule has 2 N–H and O–H groups in total. The Labute approximate surface area is 228 Å². The van der Waals surface area contributed by atoms with E-state index in [2.05, 4.69) is 15.2 Å². The van der Waals surface area contributed by atoms with E-state index in [-0.39, 0.29) is 11.8 Å². The summed E-state index contributed by atoms with van der Waals surface area (Å²) in [7, 11) is 0. The van der Waals surface area contributed by atoms with Crippen molar-refractivity contribution in [2.45, 2.75) is 43.9 Å². The van der Waals surface area contributed by atoms with Gasteiger partial charge in [-0.3, -0.25) is 14.5 Å². The molecule has 3 aromatic carbocycles. The van der Waals surface area contributed by atoms with Crippen LogP contribution in [0.15, 0.2) is 97.2 Å². The Morgan fingerprint density at radius 1 is 0.795 bits per heavy atom. The number of piperidine rings is 1. The lowest BCUT2D eigenvalue weighted by molar-refractivity contribution is -0.162. The highest BCUT2D eigenvalue weighted by Crippen LogP contribution is 2.35. The second kappa shape index (κ2) is 10.9. The molecule has 0 aliphatic carbocycles. The van der Waals surface area contributed by atoms with Crippen LogP contribution in [0.5, 0.6) is 0 Å². The zero-order valence-electron chi connectivity index (χ0n) is 21.9. The summed E-state index contributed by atoms with van der Waals surface area (Å²) in [6.45, 7) is 2.55. The number of carbonyl (C=O) groups is 2. The van der Waals surface area contributed by atoms with Crippen molar-refractivity contribution in [2.75, 3.05) is 13.1 Å². The van der Waals surface area contributed by atoms with Gasteiger partial charge in [-0.25, -0.2) is 4.98 Å². The van der Waals surface area contributed by atoms with E-state index in [1.165, 1.54) is 0 Å². The molecule has 1 spiro atoms. The molecule has 7 heteroatoms. The first-order chi connectivity index (χ1) is 19.1. The first-order valence-corrected chi connectivity index (χ1v) is 13.6. The number of piperazine rings is 1. The van der Waals surface area contributed by atoms with E-state index in [0.29, 0.717) is 45.4 Å². The summed E-state index contributed by atoms with van der Waals surface area (Å²) in [5, 5.41) is 3.11. The van der Waals surface area contributed by atoms with E-state index < -0.39 is 11.6 Å². The van der Waals surface area contributed by atoms with Gasteiger partial charge in [-0.2, -0.15) is 0 Å². The van der Waals surface area contributed by atoms with E-state index >= 15 is 0 Å². The summed E-state index contributed by atoms with van der Waals surface area (Å²) in [5.74, 6) is 0.815. The Kier molecular flexibility index (Phi) is 6.99. The van der Waals surface area contributed by atoms with E-state index in [1.54, 1.807) is 0 Å². The molecule has 7 nitrogen and oxygen atoms in total. The van der Waals surface area contributed by atoms with Gasteiger partial charge in [-0.1, -0.05) is 91.0 Å². The number of carbonyl (C=O) groups excluding carboxylic acids is 2. The van der Waals surface area contributed by atoms with E-state index in [0.717, 1.165) is 28.2 Å². The Balaban J connectivity index is 1.19. The zero-order chi connectivity index (χ0) is 26.7. The largest absolute Gasteiger partial charge is 0.344 e. The fraction of sp³-hybridized carbons (Fsp3) is 0.281. The van der Waals surface area contributed by atoms with Crippen LogP contribution in [0.3, 0.4) is 0 Å². The van der Waals surface area contributed by atoms with Crippen molar-refractivity contribution in [1.82, 2.24) is 25.1 Å². The highest BCUT2D eigenvalue weighted by molar-refractivity contribution is 6.00. The number of aromatic nitrogens is 2. The standard InChI is InChI=1S/C32H33N5O2/c38-30-28(20-24-10-4-1-5-11-24)35-31(39)32(37(30)22-25-12-6-2-7-13-25)16-18-36(19-17-32)23-27-21-33-29(34-27)26-14-8-3-9-15-26/h1-15,21,28H,16-20,22-23H2,(H,33,34)(H,35,39). The lowest BCUT2D eigenvalue weighted by Crippen LogP contribution is -2.72. The van der Waals surface area contributed by atoms with Gasteiger partial charge >= 0.3 is 0 Å². The molecule has 2 fully saturated rings. The number of hydrogen-bond acceptors (Lipinski definition) is 4. The van der Waals surface area contributed by atoms with Crippen LogP contribution in [0.2, 0.25) is 0 Å². The molecule has 0 radical (unpaired) electrons. The molecule has 198 valence electrons. The van der Waals surface area contributed by atoms with Gasteiger partial charge in [-0.05, 0) is 24.0 Å². The first kappa shape index (κ1) is 25.1. The number of aromatic amines is 1. The van der Waals surface area contributed by atoms with Gasteiger partial charge in [0.25, 0.3) is 0 Å². The lowest BCUT2D eigenvalue weighted by Gasteiger charge is -2.51. The maximum atomic E-state index is 13.9. The predicted octanol–water partition coefficient (Wildman–Crippen LogP) is 4.18. The topological polar surface area (TPSA) is 81.3 Å². The second-order valence-electron chi connectivity index (χ2n) is 10.5. The number of nitrogens with zero attached hydrogens (tertiary/aromatic N) is 3. The lowest BCUT2D eigenvalue weighted by atomic mass is 9.80. The van der Waals surface area contributed by atoms with Crippen LogP contribution in [-0.2, 0) is 29.1 Å². The van der Waals surface area contributed by atoms with Crippen LogP contribution >= 0.6 is 0 Å². The summed E-state index contributed by atoms with van der Waals surface area (Å²) < 4.78 is 0. The summed E-state index contributed by atoms with van der Waals surface area (Å²) in [6.07, 6.45) is 3.62. The molecular weight excluding hydrogens is 486 g/mol. The second-order valence-corrected chi connectivity index (χ2v) is 10.5. The molecule has 2 aliphatic heterocycles.